The number of ether oxygens (including phenoxy) is 1. The van der Waals surface area contributed by atoms with Gasteiger partial charge in [0.2, 0.25) is 0 Å². The zero-order chi connectivity index (χ0) is 20.2. The molecular weight excluding hydrogens is 412 g/mol. The van der Waals surface area contributed by atoms with E-state index >= 15 is 0 Å². The topological polar surface area (TPSA) is 34.1 Å². The summed E-state index contributed by atoms with van der Waals surface area (Å²) in [5.41, 5.74) is 3.53. The maximum absolute atomic E-state index is 5.39. The van der Waals surface area contributed by atoms with Crippen LogP contribution < -0.4 is 10.1 Å². The Morgan fingerprint density at radius 2 is 1.77 bits per heavy atom. The monoisotopic (exact) mass is 442 g/mol. The molecule has 4 aromatic rings. The van der Waals surface area contributed by atoms with Crippen LogP contribution in [0.15, 0.2) is 85.1 Å². The second kappa shape index (κ2) is 13.6. The summed E-state index contributed by atoms with van der Waals surface area (Å²) in [6, 6.07) is 26.7. The molecule has 0 radical (unpaired) electrons. The van der Waals surface area contributed by atoms with Gasteiger partial charge in [-0.3, -0.25) is 4.98 Å². The van der Waals surface area contributed by atoms with E-state index in [1.54, 1.807) is 7.11 Å². The van der Waals surface area contributed by atoms with Gasteiger partial charge in [-0.15, -0.1) is 0 Å². The molecule has 0 spiro atoms. The van der Waals surface area contributed by atoms with Gasteiger partial charge in [-0.05, 0) is 18.6 Å². The van der Waals surface area contributed by atoms with Crippen molar-refractivity contribution in [1.29, 1.82) is 0 Å². The van der Waals surface area contributed by atoms with Crippen LogP contribution >= 0.6 is 0 Å². The normalized spacial score (nSPS) is 10.0. The molecule has 4 heteroatoms. The minimum atomic E-state index is 0. The number of aryl methyl sites for hydroxylation is 1. The average molecular weight is 442 g/mol. The molecule has 0 bridgehead atoms. The first-order valence-corrected chi connectivity index (χ1v) is 10.4. The molecule has 0 aliphatic carbocycles. The first-order valence-electron chi connectivity index (χ1n) is 10.4. The number of fused-ring (bicyclic) bond motifs is 1. The quantitative estimate of drug-likeness (QED) is 0.181. The van der Waals surface area contributed by atoms with E-state index in [-0.39, 0.29) is 17.1 Å². The predicted octanol–water partition coefficient (Wildman–Crippen LogP) is 6.58. The van der Waals surface area contributed by atoms with E-state index in [9.17, 15) is 0 Å². The number of rotatable bonds is 9. The first kappa shape index (κ1) is 23.7. The molecule has 0 saturated heterocycles. The van der Waals surface area contributed by atoms with Crippen LogP contribution in [0.4, 0.5) is 5.69 Å². The van der Waals surface area contributed by atoms with Crippen LogP contribution in [-0.2, 0) is 23.5 Å². The number of unbranched alkanes of at least 4 members (excludes halogenated alkanes) is 3. The number of benzene rings is 1. The fourth-order valence-corrected chi connectivity index (χ4v) is 3.35. The maximum atomic E-state index is 5.39. The van der Waals surface area contributed by atoms with Crippen molar-refractivity contribution in [3.05, 3.63) is 90.6 Å². The van der Waals surface area contributed by atoms with Crippen molar-refractivity contribution in [2.45, 2.75) is 32.1 Å². The number of aromatic nitrogens is 1. The molecule has 0 amide bonds. The SMILES string of the molecule is COc1cc(NCCCCCCc2cc[cH-]c2)c2ncccc2c1.[Fe+2].c1cc[cH-]c1. The Labute approximate surface area is 190 Å². The second-order valence-electron chi connectivity index (χ2n) is 7.10. The number of hydrogen-bond donors (Lipinski definition) is 1. The maximum Gasteiger partial charge on any atom is 2.00 e. The summed E-state index contributed by atoms with van der Waals surface area (Å²) in [6.45, 7) is 0.967. The molecule has 1 N–H and O–H groups in total. The Bertz CT molecular complexity index is 916. The van der Waals surface area contributed by atoms with Crippen molar-refractivity contribution < 1.29 is 21.8 Å². The number of nitrogens with one attached hydrogen (secondary N) is 1. The summed E-state index contributed by atoms with van der Waals surface area (Å²) in [4.78, 5) is 4.50. The molecule has 1 heterocycles. The van der Waals surface area contributed by atoms with E-state index in [4.69, 9.17) is 4.74 Å². The van der Waals surface area contributed by atoms with Gasteiger partial charge in [-0.2, -0.15) is 42.0 Å². The summed E-state index contributed by atoms with van der Waals surface area (Å²) in [7, 11) is 1.70. The van der Waals surface area contributed by atoms with Crippen molar-refractivity contribution in [3.8, 4) is 5.75 Å². The molecular formula is C26H30FeN2O. The van der Waals surface area contributed by atoms with Gasteiger partial charge in [-0.25, -0.2) is 18.2 Å². The molecule has 4 rings (SSSR count). The van der Waals surface area contributed by atoms with Gasteiger partial charge in [0.1, 0.15) is 5.75 Å². The molecule has 0 fully saturated rings. The van der Waals surface area contributed by atoms with Gasteiger partial charge >= 0.3 is 17.1 Å². The minimum Gasteiger partial charge on any atom is -0.497 e. The largest absolute Gasteiger partial charge is 2.00 e. The van der Waals surface area contributed by atoms with Crippen molar-refractivity contribution in [2.24, 2.45) is 0 Å². The molecule has 30 heavy (non-hydrogen) atoms. The van der Waals surface area contributed by atoms with Crippen LogP contribution in [0.5, 0.6) is 5.75 Å². The summed E-state index contributed by atoms with van der Waals surface area (Å²) < 4.78 is 5.39. The van der Waals surface area contributed by atoms with E-state index in [0.29, 0.717) is 0 Å². The minimum absolute atomic E-state index is 0. The Kier molecular flexibility index (Phi) is 10.8. The summed E-state index contributed by atoms with van der Waals surface area (Å²) in [5, 5.41) is 4.63. The fraction of sp³-hybridized carbons (Fsp3) is 0.269. The van der Waals surface area contributed by atoms with Crippen molar-refractivity contribution >= 4 is 16.6 Å². The number of methoxy groups -OCH3 is 1. The van der Waals surface area contributed by atoms with E-state index in [1.165, 1.54) is 37.7 Å². The fourth-order valence-electron chi connectivity index (χ4n) is 3.35. The van der Waals surface area contributed by atoms with E-state index < -0.39 is 0 Å². The number of nitrogens with zero attached hydrogens (tertiary/aromatic N) is 1. The van der Waals surface area contributed by atoms with Crippen molar-refractivity contribution in [1.82, 2.24) is 4.98 Å². The van der Waals surface area contributed by atoms with E-state index in [1.807, 2.05) is 54.7 Å². The van der Waals surface area contributed by atoms with Gasteiger partial charge < -0.3 is 10.1 Å². The predicted molar refractivity (Wildman–Crippen MR) is 123 cm³/mol. The van der Waals surface area contributed by atoms with Gasteiger partial charge in [0.25, 0.3) is 0 Å². The van der Waals surface area contributed by atoms with Crippen LogP contribution in [0.25, 0.3) is 10.9 Å². The number of anilines is 1. The molecule has 158 valence electrons. The smallest absolute Gasteiger partial charge is 0.497 e. The van der Waals surface area contributed by atoms with Crippen LogP contribution in [0.3, 0.4) is 0 Å². The van der Waals surface area contributed by atoms with E-state index in [2.05, 4.69) is 40.6 Å². The third-order valence-electron chi connectivity index (χ3n) is 4.91. The van der Waals surface area contributed by atoms with Crippen LogP contribution in [0.2, 0.25) is 0 Å². The molecule has 0 atom stereocenters. The average Bonchev–Trinajstić information content (AvgIpc) is 3.49. The van der Waals surface area contributed by atoms with Gasteiger partial charge in [0.15, 0.2) is 0 Å². The Hall–Kier alpha value is -2.55. The molecule has 0 unspecified atom stereocenters. The summed E-state index contributed by atoms with van der Waals surface area (Å²) in [5.74, 6) is 0.868. The van der Waals surface area contributed by atoms with Crippen molar-refractivity contribution in [2.75, 3.05) is 19.0 Å². The molecule has 0 aliphatic rings. The zero-order valence-electron chi connectivity index (χ0n) is 17.5. The first-order chi connectivity index (χ1) is 14.4. The Morgan fingerprint density at radius 1 is 0.933 bits per heavy atom. The third kappa shape index (κ3) is 7.70. The Morgan fingerprint density at radius 3 is 2.47 bits per heavy atom. The second-order valence-corrected chi connectivity index (χ2v) is 7.10. The van der Waals surface area contributed by atoms with Crippen LogP contribution in [-0.4, -0.2) is 18.6 Å². The van der Waals surface area contributed by atoms with Gasteiger partial charge in [0, 0.05) is 24.2 Å². The van der Waals surface area contributed by atoms with Crippen LogP contribution in [0, 0.1) is 0 Å². The van der Waals surface area contributed by atoms with Gasteiger partial charge in [-0.1, -0.05) is 31.7 Å². The molecule has 0 aliphatic heterocycles. The van der Waals surface area contributed by atoms with Crippen molar-refractivity contribution in [3.63, 3.8) is 0 Å². The third-order valence-corrected chi connectivity index (χ3v) is 4.91. The zero-order valence-corrected chi connectivity index (χ0v) is 18.6. The molecule has 3 nitrogen and oxygen atoms in total. The number of hydrogen-bond acceptors (Lipinski definition) is 3. The summed E-state index contributed by atoms with van der Waals surface area (Å²) >= 11 is 0. The van der Waals surface area contributed by atoms with Gasteiger partial charge in [0.05, 0.1) is 18.3 Å². The summed E-state index contributed by atoms with van der Waals surface area (Å²) in [6.07, 6.45) is 8.02. The standard InChI is InChI=1S/C21H25N2O.C5H5.Fe/c1-24-19-15-18-12-8-14-23-21(18)20(16-19)22-13-7-3-2-4-9-17-10-5-6-11-17;1-2-4-5-3-1;/h5-6,8,10-12,14-16,22H,2-4,7,9,13H2,1H3;1-5H;/q2*-1;+2. The van der Waals surface area contributed by atoms with E-state index in [0.717, 1.165) is 28.9 Å². The number of pyridine rings is 1. The molecule has 0 saturated carbocycles. The molecule has 3 aromatic carbocycles. The van der Waals surface area contributed by atoms with Crippen LogP contribution in [0.1, 0.15) is 31.2 Å². The molecule has 1 aromatic heterocycles. The Balaban J connectivity index is 0.000000468.